The molecule has 0 bridgehead atoms. The lowest BCUT2D eigenvalue weighted by Crippen LogP contribution is -2.47. The number of hydrogen-bond acceptors (Lipinski definition) is 3. The van der Waals surface area contributed by atoms with Crippen LogP contribution in [0.1, 0.15) is 18.9 Å². The third-order valence-corrected chi connectivity index (χ3v) is 2.66. The maximum Gasteiger partial charge on any atom is 0.242 e. The van der Waals surface area contributed by atoms with E-state index in [9.17, 15) is 9.59 Å². The highest BCUT2D eigenvalue weighted by Gasteiger charge is 2.19. The lowest BCUT2D eigenvalue weighted by atomic mass is 10.1. The van der Waals surface area contributed by atoms with Gasteiger partial charge >= 0.3 is 0 Å². The summed E-state index contributed by atoms with van der Waals surface area (Å²) in [6.07, 6.45) is 1.21. The van der Waals surface area contributed by atoms with Crippen molar-refractivity contribution >= 4 is 11.8 Å². The van der Waals surface area contributed by atoms with Gasteiger partial charge in [-0.2, -0.15) is 0 Å². The Morgan fingerprint density at radius 1 is 1.26 bits per heavy atom. The normalized spacial score (nSPS) is 11.7. The molecular weight excluding hydrogens is 242 g/mol. The molecule has 0 heterocycles. The van der Waals surface area contributed by atoms with Gasteiger partial charge in [0.25, 0.3) is 0 Å². The molecule has 4 N–H and O–H groups in total. The topological polar surface area (TPSA) is 84.2 Å². The van der Waals surface area contributed by atoms with Gasteiger partial charge in [0.15, 0.2) is 0 Å². The van der Waals surface area contributed by atoms with E-state index in [4.69, 9.17) is 5.73 Å². The average molecular weight is 263 g/mol. The summed E-state index contributed by atoms with van der Waals surface area (Å²) in [4.78, 5) is 23.2. The van der Waals surface area contributed by atoms with E-state index in [1.54, 1.807) is 0 Å². The molecule has 0 spiro atoms. The Morgan fingerprint density at radius 3 is 2.53 bits per heavy atom. The quantitative estimate of drug-likeness (QED) is 0.614. The number of benzene rings is 1. The first-order chi connectivity index (χ1) is 9.13. The van der Waals surface area contributed by atoms with E-state index in [1.807, 2.05) is 30.3 Å². The monoisotopic (exact) mass is 263 g/mol. The molecule has 19 heavy (non-hydrogen) atoms. The molecule has 1 atom stereocenters. The minimum Gasteiger partial charge on any atom is -0.354 e. The first kappa shape index (κ1) is 15.2. The lowest BCUT2D eigenvalue weighted by molar-refractivity contribution is -0.128. The SMILES string of the molecule is CC(=O)NC(Cc1ccccc1)C(=O)NCCCN. The van der Waals surface area contributed by atoms with Crippen molar-refractivity contribution < 1.29 is 9.59 Å². The van der Waals surface area contributed by atoms with E-state index in [2.05, 4.69) is 10.6 Å². The van der Waals surface area contributed by atoms with Crippen molar-refractivity contribution in [3.05, 3.63) is 35.9 Å². The van der Waals surface area contributed by atoms with Crippen LogP contribution in [0.2, 0.25) is 0 Å². The summed E-state index contributed by atoms with van der Waals surface area (Å²) in [5.41, 5.74) is 6.38. The maximum absolute atomic E-state index is 12.0. The number of amides is 2. The molecule has 1 aromatic carbocycles. The fourth-order valence-corrected chi connectivity index (χ4v) is 1.74. The van der Waals surface area contributed by atoms with Crippen molar-refractivity contribution in [3.63, 3.8) is 0 Å². The van der Waals surface area contributed by atoms with Gasteiger partial charge < -0.3 is 16.4 Å². The second kappa shape index (κ2) is 8.26. The first-order valence-electron chi connectivity index (χ1n) is 6.42. The van der Waals surface area contributed by atoms with E-state index < -0.39 is 6.04 Å². The van der Waals surface area contributed by atoms with E-state index in [0.29, 0.717) is 19.5 Å². The van der Waals surface area contributed by atoms with Gasteiger partial charge in [-0.15, -0.1) is 0 Å². The molecule has 5 nitrogen and oxygen atoms in total. The molecule has 0 radical (unpaired) electrons. The molecule has 0 aromatic heterocycles. The van der Waals surface area contributed by atoms with Crippen molar-refractivity contribution in [1.82, 2.24) is 10.6 Å². The first-order valence-corrected chi connectivity index (χ1v) is 6.42. The molecular formula is C14H21N3O2. The standard InChI is InChI=1S/C14H21N3O2/c1-11(18)17-13(14(19)16-9-5-8-15)10-12-6-3-2-4-7-12/h2-4,6-7,13H,5,8-10,15H2,1H3,(H,16,19)(H,17,18). The Kier molecular flexibility index (Phi) is 6.60. The summed E-state index contributed by atoms with van der Waals surface area (Å²) in [5.74, 6) is -0.387. The highest BCUT2D eigenvalue weighted by molar-refractivity contribution is 5.87. The van der Waals surface area contributed by atoms with Crippen LogP contribution in [0.25, 0.3) is 0 Å². The van der Waals surface area contributed by atoms with Crippen molar-refractivity contribution in [2.45, 2.75) is 25.8 Å². The van der Waals surface area contributed by atoms with Gasteiger partial charge in [-0.25, -0.2) is 0 Å². The van der Waals surface area contributed by atoms with Gasteiger partial charge in [0.1, 0.15) is 6.04 Å². The molecule has 0 saturated carbocycles. The molecule has 5 heteroatoms. The Hall–Kier alpha value is -1.88. The number of carbonyl (C=O) groups excluding carboxylic acids is 2. The van der Waals surface area contributed by atoms with Gasteiger partial charge in [-0.3, -0.25) is 9.59 Å². The van der Waals surface area contributed by atoms with Crippen LogP contribution in [0.5, 0.6) is 0 Å². The largest absolute Gasteiger partial charge is 0.354 e. The predicted octanol–water partition coefficient (Wildman–Crippen LogP) is 0.199. The molecule has 0 aliphatic carbocycles. The second-order valence-electron chi connectivity index (χ2n) is 4.38. The molecule has 0 saturated heterocycles. The van der Waals surface area contributed by atoms with E-state index >= 15 is 0 Å². The number of carbonyl (C=O) groups is 2. The van der Waals surface area contributed by atoms with Crippen LogP contribution >= 0.6 is 0 Å². The second-order valence-corrected chi connectivity index (χ2v) is 4.38. The van der Waals surface area contributed by atoms with Crippen molar-refractivity contribution in [1.29, 1.82) is 0 Å². The van der Waals surface area contributed by atoms with Gasteiger partial charge in [-0.05, 0) is 18.5 Å². The van der Waals surface area contributed by atoms with Gasteiger partial charge in [0, 0.05) is 19.9 Å². The fourth-order valence-electron chi connectivity index (χ4n) is 1.74. The van der Waals surface area contributed by atoms with Crippen molar-refractivity contribution in [2.24, 2.45) is 5.73 Å². The average Bonchev–Trinajstić information content (AvgIpc) is 2.39. The number of nitrogens with two attached hydrogens (primary N) is 1. The molecule has 0 aliphatic heterocycles. The highest BCUT2D eigenvalue weighted by atomic mass is 16.2. The molecule has 2 amide bonds. The van der Waals surface area contributed by atoms with E-state index in [0.717, 1.165) is 12.0 Å². The number of hydrogen-bond donors (Lipinski definition) is 3. The Morgan fingerprint density at radius 2 is 1.95 bits per heavy atom. The summed E-state index contributed by atoms with van der Waals surface area (Å²) in [6, 6.07) is 9.05. The summed E-state index contributed by atoms with van der Waals surface area (Å²) < 4.78 is 0. The van der Waals surface area contributed by atoms with Crippen molar-refractivity contribution in [3.8, 4) is 0 Å². The van der Waals surface area contributed by atoms with Crippen LogP contribution in [0.4, 0.5) is 0 Å². The van der Waals surface area contributed by atoms with Crippen LogP contribution in [0, 0.1) is 0 Å². The Balaban J connectivity index is 2.60. The Labute approximate surface area is 113 Å². The summed E-state index contributed by atoms with van der Waals surface area (Å²) in [5, 5.41) is 5.45. The molecule has 0 fully saturated rings. The zero-order valence-corrected chi connectivity index (χ0v) is 11.2. The summed E-state index contributed by atoms with van der Waals surface area (Å²) >= 11 is 0. The predicted molar refractivity (Wildman–Crippen MR) is 74.4 cm³/mol. The molecule has 1 aromatic rings. The van der Waals surface area contributed by atoms with Crippen LogP contribution < -0.4 is 16.4 Å². The van der Waals surface area contributed by atoms with Gasteiger partial charge in [-0.1, -0.05) is 30.3 Å². The number of rotatable bonds is 7. The van der Waals surface area contributed by atoms with Crippen LogP contribution in [0.3, 0.4) is 0 Å². The zero-order chi connectivity index (χ0) is 14.1. The van der Waals surface area contributed by atoms with E-state index in [-0.39, 0.29) is 11.8 Å². The van der Waals surface area contributed by atoms with Gasteiger partial charge in [0.05, 0.1) is 0 Å². The maximum atomic E-state index is 12.0. The van der Waals surface area contributed by atoms with Crippen LogP contribution in [0.15, 0.2) is 30.3 Å². The van der Waals surface area contributed by atoms with E-state index in [1.165, 1.54) is 6.92 Å². The smallest absolute Gasteiger partial charge is 0.242 e. The number of nitrogens with one attached hydrogen (secondary N) is 2. The third-order valence-electron chi connectivity index (χ3n) is 2.66. The molecule has 0 aliphatic rings. The summed E-state index contributed by atoms with van der Waals surface area (Å²) in [6.45, 7) is 2.47. The highest BCUT2D eigenvalue weighted by Crippen LogP contribution is 2.03. The Bertz CT molecular complexity index is 406. The zero-order valence-electron chi connectivity index (χ0n) is 11.2. The third kappa shape index (κ3) is 6.01. The van der Waals surface area contributed by atoms with Crippen LogP contribution in [-0.2, 0) is 16.0 Å². The van der Waals surface area contributed by atoms with Crippen LogP contribution in [-0.4, -0.2) is 30.9 Å². The molecule has 1 unspecified atom stereocenters. The lowest BCUT2D eigenvalue weighted by Gasteiger charge is -2.17. The summed E-state index contributed by atoms with van der Waals surface area (Å²) in [7, 11) is 0. The fraction of sp³-hybridized carbons (Fsp3) is 0.429. The molecule has 104 valence electrons. The van der Waals surface area contributed by atoms with Crippen molar-refractivity contribution in [2.75, 3.05) is 13.1 Å². The van der Waals surface area contributed by atoms with Gasteiger partial charge in [0.2, 0.25) is 11.8 Å². The minimum absolute atomic E-state index is 0.174. The minimum atomic E-state index is -0.544. The molecule has 1 rings (SSSR count).